The highest BCUT2D eigenvalue weighted by Crippen LogP contribution is 2.35. The number of carbonyl (C=O) groups is 2. The molecule has 6 nitrogen and oxygen atoms in total. The minimum Gasteiger partial charge on any atom is -0.490 e. The Labute approximate surface area is 213 Å². The second kappa shape index (κ2) is 11.9. The van der Waals surface area contributed by atoms with Gasteiger partial charge in [0.1, 0.15) is 12.3 Å². The molecule has 0 heterocycles. The van der Waals surface area contributed by atoms with Gasteiger partial charge in [-0.25, -0.2) is 4.79 Å². The molecule has 0 aliphatic heterocycles. The molecule has 3 aromatic rings. The van der Waals surface area contributed by atoms with Crippen LogP contribution in [0.2, 0.25) is 0 Å². The molecule has 0 aromatic heterocycles. The topological polar surface area (TPSA) is 84.9 Å². The van der Waals surface area contributed by atoms with Crippen molar-refractivity contribution in [2.24, 2.45) is 0 Å². The number of aliphatic carboxylic acids is 1. The maximum absolute atomic E-state index is 12.4. The highest BCUT2D eigenvalue weighted by Gasteiger charge is 2.16. The fourth-order valence-electron chi connectivity index (χ4n) is 2.96. The standard InChI is InChI=1S/C25H21BrINO5/c1-2-32-22-14-17(12-20(27)23(22)33-15-16-7-6-10-19(26)11-16)13-21(25(30)31)28-24(29)18-8-4-3-5-9-18/h3-14H,2,15H2,1H3,(H,28,29)(H,30,31). The Balaban J connectivity index is 1.87. The molecule has 170 valence electrons. The van der Waals surface area contributed by atoms with Gasteiger partial charge in [-0.05, 0) is 83.1 Å². The van der Waals surface area contributed by atoms with Crippen molar-refractivity contribution in [3.63, 3.8) is 0 Å². The predicted octanol–water partition coefficient (Wildman–Crippen LogP) is 5.89. The second-order valence-electron chi connectivity index (χ2n) is 6.86. The van der Waals surface area contributed by atoms with Crippen LogP contribution in [0, 0.1) is 3.57 Å². The van der Waals surface area contributed by atoms with Crippen LogP contribution in [0.3, 0.4) is 0 Å². The molecule has 0 unspecified atom stereocenters. The van der Waals surface area contributed by atoms with Gasteiger partial charge >= 0.3 is 5.97 Å². The van der Waals surface area contributed by atoms with Gasteiger partial charge in [-0.1, -0.05) is 46.3 Å². The van der Waals surface area contributed by atoms with Gasteiger partial charge in [-0.3, -0.25) is 4.79 Å². The van der Waals surface area contributed by atoms with E-state index >= 15 is 0 Å². The number of ether oxygens (including phenoxy) is 2. The number of halogens is 2. The minimum absolute atomic E-state index is 0.245. The van der Waals surface area contributed by atoms with Crippen LogP contribution in [0.1, 0.15) is 28.4 Å². The van der Waals surface area contributed by atoms with Gasteiger partial charge in [0.25, 0.3) is 5.91 Å². The quantitative estimate of drug-likeness (QED) is 0.230. The number of amides is 1. The van der Waals surface area contributed by atoms with Crippen molar-refractivity contribution in [2.75, 3.05) is 6.61 Å². The van der Waals surface area contributed by atoms with Crippen LogP contribution in [-0.2, 0) is 11.4 Å². The van der Waals surface area contributed by atoms with E-state index in [-0.39, 0.29) is 5.70 Å². The Kier molecular flexibility index (Phi) is 8.90. The number of benzene rings is 3. The van der Waals surface area contributed by atoms with Crippen LogP contribution in [0.5, 0.6) is 11.5 Å². The average molecular weight is 622 g/mol. The molecule has 0 saturated heterocycles. The maximum atomic E-state index is 12.4. The first kappa shape index (κ1) is 24.8. The van der Waals surface area contributed by atoms with Gasteiger partial charge in [-0.15, -0.1) is 0 Å². The zero-order chi connectivity index (χ0) is 23.8. The number of carboxylic acids is 1. The van der Waals surface area contributed by atoms with Crippen LogP contribution >= 0.6 is 38.5 Å². The van der Waals surface area contributed by atoms with E-state index in [0.717, 1.165) is 13.6 Å². The minimum atomic E-state index is -1.25. The van der Waals surface area contributed by atoms with Gasteiger partial charge in [0.15, 0.2) is 11.5 Å². The lowest BCUT2D eigenvalue weighted by molar-refractivity contribution is -0.132. The molecular formula is C25H21BrINO5. The molecule has 0 saturated carbocycles. The van der Waals surface area contributed by atoms with Crippen molar-refractivity contribution >= 4 is 56.5 Å². The third kappa shape index (κ3) is 7.06. The Hall–Kier alpha value is -2.85. The zero-order valence-corrected chi connectivity index (χ0v) is 21.4. The molecule has 2 N–H and O–H groups in total. The molecule has 0 aliphatic carbocycles. The van der Waals surface area contributed by atoms with Gasteiger partial charge in [0.05, 0.1) is 10.2 Å². The molecule has 0 radical (unpaired) electrons. The molecule has 33 heavy (non-hydrogen) atoms. The van der Waals surface area contributed by atoms with Crippen molar-refractivity contribution in [2.45, 2.75) is 13.5 Å². The molecule has 8 heteroatoms. The Morgan fingerprint density at radius 2 is 1.82 bits per heavy atom. The molecule has 0 aliphatic rings. The van der Waals surface area contributed by atoms with E-state index < -0.39 is 11.9 Å². The first-order chi connectivity index (χ1) is 15.9. The zero-order valence-electron chi connectivity index (χ0n) is 17.7. The third-order valence-electron chi connectivity index (χ3n) is 4.43. The first-order valence-corrected chi connectivity index (χ1v) is 11.9. The first-order valence-electron chi connectivity index (χ1n) is 10.0. The summed E-state index contributed by atoms with van der Waals surface area (Å²) in [7, 11) is 0. The molecule has 0 spiro atoms. The van der Waals surface area contributed by atoms with Gasteiger partial charge < -0.3 is 19.9 Å². The van der Waals surface area contributed by atoms with Crippen molar-refractivity contribution in [1.82, 2.24) is 5.32 Å². The molecule has 3 aromatic carbocycles. The Morgan fingerprint density at radius 1 is 1.06 bits per heavy atom. The summed E-state index contributed by atoms with van der Waals surface area (Å²) < 4.78 is 13.5. The number of carboxylic acid groups (broad SMARTS) is 1. The number of nitrogens with one attached hydrogen (secondary N) is 1. The smallest absolute Gasteiger partial charge is 0.352 e. The van der Waals surface area contributed by atoms with E-state index in [1.165, 1.54) is 6.08 Å². The summed E-state index contributed by atoms with van der Waals surface area (Å²) in [6.45, 7) is 2.61. The van der Waals surface area contributed by atoms with Crippen LogP contribution in [0.15, 0.2) is 76.9 Å². The molecule has 1 amide bonds. The number of rotatable bonds is 9. The van der Waals surface area contributed by atoms with Crippen molar-refractivity contribution in [3.05, 3.63) is 97.2 Å². The summed E-state index contributed by atoms with van der Waals surface area (Å²) in [5.41, 5.74) is 1.67. The molecular weight excluding hydrogens is 601 g/mol. The predicted molar refractivity (Wildman–Crippen MR) is 138 cm³/mol. The van der Waals surface area contributed by atoms with Crippen molar-refractivity contribution in [3.8, 4) is 11.5 Å². The van der Waals surface area contributed by atoms with Gasteiger partial charge in [0, 0.05) is 10.0 Å². The molecule has 0 atom stereocenters. The average Bonchev–Trinajstić information content (AvgIpc) is 2.79. The van der Waals surface area contributed by atoms with Crippen LogP contribution in [0.4, 0.5) is 0 Å². The summed E-state index contributed by atoms with van der Waals surface area (Å²) in [5, 5.41) is 12.1. The summed E-state index contributed by atoms with van der Waals surface area (Å²) in [5.74, 6) is -0.690. The second-order valence-corrected chi connectivity index (χ2v) is 8.94. The summed E-state index contributed by atoms with van der Waals surface area (Å²) in [4.78, 5) is 24.2. The highest BCUT2D eigenvalue weighted by atomic mass is 127. The summed E-state index contributed by atoms with van der Waals surface area (Å²) in [6, 6.07) is 19.7. The monoisotopic (exact) mass is 621 g/mol. The number of hydrogen-bond donors (Lipinski definition) is 2. The Morgan fingerprint density at radius 3 is 2.48 bits per heavy atom. The van der Waals surface area contributed by atoms with E-state index in [4.69, 9.17) is 9.47 Å². The lowest BCUT2D eigenvalue weighted by atomic mass is 10.1. The van der Waals surface area contributed by atoms with E-state index in [2.05, 4.69) is 43.8 Å². The van der Waals surface area contributed by atoms with Crippen LogP contribution < -0.4 is 14.8 Å². The lowest BCUT2D eigenvalue weighted by Crippen LogP contribution is -2.27. The normalized spacial score (nSPS) is 11.1. The lowest BCUT2D eigenvalue weighted by Gasteiger charge is -2.15. The molecule has 3 rings (SSSR count). The molecule has 0 fully saturated rings. The number of hydrogen-bond acceptors (Lipinski definition) is 4. The van der Waals surface area contributed by atoms with E-state index in [1.807, 2.05) is 31.2 Å². The largest absolute Gasteiger partial charge is 0.490 e. The molecule has 0 bridgehead atoms. The highest BCUT2D eigenvalue weighted by molar-refractivity contribution is 14.1. The van der Waals surface area contributed by atoms with Crippen LogP contribution in [-0.4, -0.2) is 23.6 Å². The summed E-state index contributed by atoms with van der Waals surface area (Å²) >= 11 is 5.57. The Bertz CT molecular complexity index is 1180. The van der Waals surface area contributed by atoms with Gasteiger partial charge in [-0.2, -0.15) is 0 Å². The van der Waals surface area contributed by atoms with Gasteiger partial charge in [0.2, 0.25) is 0 Å². The van der Waals surface area contributed by atoms with E-state index in [0.29, 0.717) is 35.8 Å². The number of carbonyl (C=O) groups excluding carboxylic acids is 1. The fourth-order valence-corrected chi connectivity index (χ4v) is 4.19. The van der Waals surface area contributed by atoms with Crippen molar-refractivity contribution in [1.29, 1.82) is 0 Å². The maximum Gasteiger partial charge on any atom is 0.352 e. The summed E-state index contributed by atoms with van der Waals surface area (Å²) in [6.07, 6.45) is 1.39. The van der Waals surface area contributed by atoms with Crippen molar-refractivity contribution < 1.29 is 24.2 Å². The fraction of sp³-hybridized carbons (Fsp3) is 0.120. The van der Waals surface area contributed by atoms with Crippen LogP contribution in [0.25, 0.3) is 6.08 Å². The van der Waals surface area contributed by atoms with E-state index in [9.17, 15) is 14.7 Å². The van der Waals surface area contributed by atoms with E-state index in [1.54, 1.807) is 42.5 Å². The SMILES string of the molecule is CCOc1cc(C=C(NC(=O)c2ccccc2)C(=O)O)cc(I)c1OCc1cccc(Br)c1. The third-order valence-corrected chi connectivity index (χ3v) is 5.72.